The second kappa shape index (κ2) is 16.6. The van der Waals surface area contributed by atoms with E-state index < -0.39 is 0 Å². The molecule has 0 saturated carbocycles. The van der Waals surface area contributed by atoms with Crippen LogP contribution in [0.25, 0.3) is 22.3 Å². The molecule has 11 rings (SSSR count). The zero-order chi connectivity index (χ0) is 55.0. The molecule has 2 aliphatic heterocycles. The minimum absolute atomic E-state index is 0.000588. The van der Waals surface area contributed by atoms with Crippen LogP contribution in [0.4, 0.5) is 34.1 Å². The fraction of sp³-hybridized carbons (Fsp3) is 0.425. The predicted octanol–water partition coefficient (Wildman–Crippen LogP) is 18.5. The molecule has 0 bridgehead atoms. The average Bonchev–Trinajstić information content (AvgIpc) is 3.63. The number of rotatable bonds is 4. The first-order valence-corrected chi connectivity index (χ1v) is 28.7. The van der Waals surface area contributed by atoms with Crippen LogP contribution in [0, 0.1) is 6.92 Å². The second-order valence-electron chi connectivity index (χ2n) is 30.7. The van der Waals surface area contributed by atoms with E-state index in [1.807, 2.05) is 0 Å². The van der Waals surface area contributed by atoms with Crippen molar-refractivity contribution in [3.63, 3.8) is 0 Å². The predicted molar refractivity (Wildman–Crippen MR) is 332 cm³/mol. The van der Waals surface area contributed by atoms with E-state index in [9.17, 15) is 0 Å². The van der Waals surface area contributed by atoms with Gasteiger partial charge in [-0.2, -0.15) is 0 Å². The number of fused-ring (bicyclic) bond motifs is 6. The van der Waals surface area contributed by atoms with Crippen molar-refractivity contribution < 1.29 is 0 Å². The Labute approximate surface area is 459 Å². The molecular weight excluding hydrogens is 916 g/mol. The Morgan fingerprint density at radius 2 is 0.776 bits per heavy atom. The number of anilines is 6. The van der Waals surface area contributed by atoms with Gasteiger partial charge in [0.2, 0.25) is 0 Å². The molecular formula is C73H87BN2. The highest BCUT2D eigenvalue weighted by atomic mass is 15.2. The molecule has 0 saturated heterocycles. The number of hydrogen-bond donors (Lipinski definition) is 0. The minimum atomic E-state index is -0.156. The van der Waals surface area contributed by atoms with Gasteiger partial charge in [0, 0.05) is 39.6 Å². The third kappa shape index (κ3) is 8.34. The summed E-state index contributed by atoms with van der Waals surface area (Å²) < 4.78 is 0. The lowest BCUT2D eigenvalue weighted by Gasteiger charge is -2.46. The van der Waals surface area contributed by atoms with Gasteiger partial charge in [0.25, 0.3) is 6.71 Å². The third-order valence-corrected chi connectivity index (χ3v) is 18.5. The van der Waals surface area contributed by atoms with Gasteiger partial charge < -0.3 is 9.80 Å². The Morgan fingerprint density at radius 1 is 0.368 bits per heavy atom. The first kappa shape index (κ1) is 52.3. The van der Waals surface area contributed by atoms with Crippen LogP contribution >= 0.6 is 0 Å². The molecule has 7 aromatic rings. The maximum Gasteiger partial charge on any atom is 0.252 e. The molecule has 76 heavy (non-hydrogen) atoms. The first-order valence-electron chi connectivity index (χ1n) is 28.7. The fourth-order valence-corrected chi connectivity index (χ4v) is 14.7. The summed E-state index contributed by atoms with van der Waals surface area (Å²) in [6.07, 6.45) is 2.25. The zero-order valence-electron chi connectivity index (χ0n) is 50.4. The summed E-state index contributed by atoms with van der Waals surface area (Å²) in [5.41, 5.74) is 29.2. The highest BCUT2D eigenvalue weighted by Crippen LogP contribution is 2.57. The van der Waals surface area contributed by atoms with Crippen molar-refractivity contribution in [3.8, 4) is 22.3 Å². The topological polar surface area (TPSA) is 6.48 Å². The van der Waals surface area contributed by atoms with Gasteiger partial charge in [-0.1, -0.05) is 217 Å². The van der Waals surface area contributed by atoms with Crippen LogP contribution in [-0.2, 0) is 43.3 Å². The Morgan fingerprint density at radius 3 is 1.26 bits per heavy atom. The van der Waals surface area contributed by atoms with Crippen molar-refractivity contribution in [2.45, 2.75) is 202 Å². The summed E-state index contributed by atoms with van der Waals surface area (Å²) in [5.74, 6) is 0. The smallest absolute Gasteiger partial charge is 0.252 e. The first-order chi connectivity index (χ1) is 35.1. The highest BCUT2D eigenvalue weighted by molar-refractivity contribution is 7.00. The van der Waals surface area contributed by atoms with Crippen molar-refractivity contribution >= 4 is 57.2 Å². The Hall–Kier alpha value is -5.80. The number of nitrogens with zero attached hydrogens (tertiary/aromatic N) is 2. The lowest BCUT2D eigenvalue weighted by molar-refractivity contribution is 0.402. The number of benzene rings is 7. The van der Waals surface area contributed by atoms with E-state index in [1.54, 1.807) is 0 Å². The van der Waals surface area contributed by atoms with Crippen LogP contribution in [0.15, 0.2) is 121 Å². The summed E-state index contributed by atoms with van der Waals surface area (Å²) in [5, 5.41) is 0. The van der Waals surface area contributed by atoms with Gasteiger partial charge in [-0.3, -0.25) is 0 Å². The molecule has 0 atom stereocenters. The molecule has 3 heteroatoms. The summed E-state index contributed by atoms with van der Waals surface area (Å²) in [6.45, 7) is 50.4. The molecule has 0 N–H and O–H groups in total. The molecule has 7 aromatic carbocycles. The van der Waals surface area contributed by atoms with Gasteiger partial charge in [0.15, 0.2) is 0 Å². The maximum absolute atomic E-state index is 2.77. The molecule has 2 heterocycles. The van der Waals surface area contributed by atoms with Crippen molar-refractivity contribution in [1.29, 1.82) is 0 Å². The van der Waals surface area contributed by atoms with E-state index in [-0.39, 0.29) is 50.0 Å². The van der Waals surface area contributed by atoms with Crippen LogP contribution in [0.2, 0.25) is 0 Å². The SMILES string of the molecule is Cc1ccc2c(c1)B1c3cc(C(C)(C)C)ccc3N(c3c(-c4ccc5c(c4)C(C)(C)CC5(C)C)cc(C(C)(C)C)cc3-c3ccc4c(c3)C(C)(C)CC4(C)C)c3cc(C(C)(C)C)cc(c31)N2c1ccc(C(C)(C)C)cc1. The Bertz CT molecular complexity index is 3430. The monoisotopic (exact) mass is 1000 g/mol. The van der Waals surface area contributed by atoms with Crippen LogP contribution < -0.4 is 26.2 Å². The van der Waals surface area contributed by atoms with Crippen LogP contribution in [0.1, 0.15) is 201 Å². The maximum atomic E-state index is 2.77. The van der Waals surface area contributed by atoms with E-state index in [0.717, 1.165) is 12.8 Å². The summed E-state index contributed by atoms with van der Waals surface area (Å²) in [7, 11) is 0. The van der Waals surface area contributed by atoms with Crippen molar-refractivity contribution in [2.75, 3.05) is 9.80 Å². The van der Waals surface area contributed by atoms with Gasteiger partial charge in [-0.05, 0) is 184 Å². The summed E-state index contributed by atoms with van der Waals surface area (Å²) >= 11 is 0. The van der Waals surface area contributed by atoms with Crippen molar-refractivity contribution in [3.05, 3.63) is 171 Å². The van der Waals surface area contributed by atoms with E-state index in [4.69, 9.17) is 0 Å². The average molecular weight is 1000 g/mol. The molecule has 0 spiro atoms. The number of aryl methyl sites for hydroxylation is 1. The lowest BCUT2D eigenvalue weighted by atomic mass is 9.33. The second-order valence-corrected chi connectivity index (χ2v) is 30.7. The quantitative estimate of drug-likeness (QED) is 0.162. The third-order valence-electron chi connectivity index (χ3n) is 18.5. The van der Waals surface area contributed by atoms with Gasteiger partial charge in [-0.15, -0.1) is 0 Å². The molecule has 0 fully saturated rings. The Kier molecular flexibility index (Phi) is 11.4. The van der Waals surface area contributed by atoms with E-state index in [2.05, 4.69) is 277 Å². The van der Waals surface area contributed by atoms with Crippen molar-refractivity contribution in [1.82, 2.24) is 0 Å². The lowest BCUT2D eigenvalue weighted by Crippen LogP contribution is -2.61. The van der Waals surface area contributed by atoms with Gasteiger partial charge in [-0.25, -0.2) is 0 Å². The van der Waals surface area contributed by atoms with Crippen LogP contribution in [0.3, 0.4) is 0 Å². The summed E-state index contributed by atoms with van der Waals surface area (Å²) in [4.78, 5) is 5.39. The molecule has 2 nitrogen and oxygen atoms in total. The Balaban J connectivity index is 1.33. The van der Waals surface area contributed by atoms with E-state index >= 15 is 0 Å². The minimum Gasteiger partial charge on any atom is -0.311 e. The van der Waals surface area contributed by atoms with Crippen LogP contribution in [-0.4, -0.2) is 6.71 Å². The molecule has 0 aromatic heterocycles. The molecule has 392 valence electrons. The molecule has 0 unspecified atom stereocenters. The molecule has 2 aliphatic carbocycles. The van der Waals surface area contributed by atoms with E-state index in [0.29, 0.717) is 0 Å². The zero-order valence-corrected chi connectivity index (χ0v) is 50.4. The van der Waals surface area contributed by atoms with E-state index in [1.165, 1.54) is 123 Å². The van der Waals surface area contributed by atoms with Gasteiger partial charge >= 0.3 is 0 Å². The normalized spacial score (nSPS) is 17.8. The largest absolute Gasteiger partial charge is 0.311 e. The standard InChI is InChI=1S/C73H87BN2/c1-44-22-32-60-58(34-44)74-59-39-48(67(5,6)7)27-33-61(59)76(63-41-50(69(11,12)13)40-62(64(63)74)75(60)51-28-25-47(26-29-51)66(2,3)4)65-52(45-23-30-54-56(35-45)72(18,19)42-70(54,14)15)37-49(68(8,9)10)38-53(65)46-24-31-55-57(36-46)73(20,21)43-71(55,16)17/h22-41H,42-43H2,1-21H3. The van der Waals surface area contributed by atoms with Crippen molar-refractivity contribution in [2.24, 2.45) is 0 Å². The van der Waals surface area contributed by atoms with Crippen LogP contribution in [0.5, 0.6) is 0 Å². The molecule has 0 amide bonds. The summed E-state index contributed by atoms with van der Waals surface area (Å²) in [6, 6.07) is 49.7. The molecule has 0 radical (unpaired) electrons. The molecule has 4 aliphatic rings. The fourth-order valence-electron chi connectivity index (χ4n) is 14.7. The van der Waals surface area contributed by atoms with Gasteiger partial charge in [0.1, 0.15) is 0 Å². The highest BCUT2D eigenvalue weighted by Gasteiger charge is 2.47. The number of hydrogen-bond acceptors (Lipinski definition) is 2. The van der Waals surface area contributed by atoms with Gasteiger partial charge in [0.05, 0.1) is 5.69 Å².